The van der Waals surface area contributed by atoms with E-state index >= 15 is 0 Å². The van der Waals surface area contributed by atoms with E-state index in [1.54, 1.807) is 17.0 Å². The van der Waals surface area contributed by atoms with E-state index in [2.05, 4.69) is 4.90 Å². The molecule has 0 bridgehead atoms. The first-order valence-corrected chi connectivity index (χ1v) is 14.2. The Kier molecular flexibility index (Phi) is 8.58. The van der Waals surface area contributed by atoms with Crippen molar-refractivity contribution in [3.63, 3.8) is 0 Å². The minimum atomic E-state index is -3.57. The van der Waals surface area contributed by atoms with Gasteiger partial charge in [0.2, 0.25) is 10.0 Å². The first-order valence-electron chi connectivity index (χ1n) is 12.0. The molecule has 0 saturated carbocycles. The highest BCUT2D eigenvalue weighted by atomic mass is 32.2. The zero-order valence-corrected chi connectivity index (χ0v) is 22.5. The normalized spacial score (nSPS) is 14.9. The SMILES string of the molecule is CCOc1ccc2nc(N(CCCN3CCOCC3)C(=O)c3ccc(S(=O)(=O)N(C)C)cc3)sc2c1. The average Bonchev–Trinajstić information content (AvgIpc) is 3.30. The van der Waals surface area contributed by atoms with Crippen molar-refractivity contribution in [2.75, 3.05) is 65.0 Å². The standard InChI is InChI=1S/C25H32N4O5S2/c1-4-34-20-8-11-22-23(18-20)35-25(26-22)29(13-5-12-28-14-16-33-17-15-28)24(30)19-6-9-21(10-7-19)36(31,32)27(2)3/h6-11,18H,4-5,12-17H2,1-3H3. The predicted octanol–water partition coefficient (Wildman–Crippen LogP) is 3.31. The van der Waals surface area contributed by atoms with E-state index in [0.29, 0.717) is 23.8 Å². The number of hydrogen-bond acceptors (Lipinski definition) is 8. The second kappa shape index (κ2) is 11.7. The lowest BCUT2D eigenvalue weighted by Crippen LogP contribution is -2.39. The van der Waals surface area contributed by atoms with Crippen molar-refractivity contribution >= 4 is 42.6 Å². The van der Waals surface area contributed by atoms with E-state index in [-0.39, 0.29) is 10.8 Å². The molecule has 36 heavy (non-hydrogen) atoms. The monoisotopic (exact) mass is 532 g/mol. The summed E-state index contributed by atoms with van der Waals surface area (Å²) in [6.07, 6.45) is 0.777. The van der Waals surface area contributed by atoms with Gasteiger partial charge in [0.1, 0.15) is 5.75 Å². The van der Waals surface area contributed by atoms with Crippen LogP contribution in [0.5, 0.6) is 5.75 Å². The molecule has 0 N–H and O–H groups in total. The number of aromatic nitrogens is 1. The summed E-state index contributed by atoms with van der Waals surface area (Å²) in [5, 5.41) is 0.607. The number of carbonyl (C=O) groups is 1. The van der Waals surface area contributed by atoms with Gasteiger partial charge in [-0.25, -0.2) is 17.7 Å². The van der Waals surface area contributed by atoms with Crippen LogP contribution >= 0.6 is 11.3 Å². The second-order valence-electron chi connectivity index (χ2n) is 8.64. The molecule has 4 rings (SSSR count). The summed E-state index contributed by atoms with van der Waals surface area (Å²) in [6.45, 7) is 7.08. The van der Waals surface area contributed by atoms with Gasteiger partial charge in [-0.1, -0.05) is 11.3 Å². The minimum absolute atomic E-state index is 0.145. The Morgan fingerprint density at radius 2 is 1.86 bits per heavy atom. The van der Waals surface area contributed by atoms with Crippen LogP contribution in [-0.4, -0.2) is 88.6 Å². The maximum Gasteiger partial charge on any atom is 0.260 e. The smallest absolute Gasteiger partial charge is 0.260 e. The molecule has 1 aromatic heterocycles. The third-order valence-corrected chi connectivity index (χ3v) is 8.85. The summed E-state index contributed by atoms with van der Waals surface area (Å²) in [4.78, 5) is 22.6. The Bertz CT molecular complexity index is 1290. The van der Waals surface area contributed by atoms with Crippen molar-refractivity contribution < 1.29 is 22.7 Å². The van der Waals surface area contributed by atoms with E-state index in [1.165, 1.54) is 37.6 Å². The summed E-state index contributed by atoms with van der Waals surface area (Å²) in [7, 11) is -0.612. The van der Waals surface area contributed by atoms with Crippen molar-refractivity contribution in [1.82, 2.24) is 14.2 Å². The lowest BCUT2D eigenvalue weighted by molar-refractivity contribution is 0.0376. The number of rotatable bonds is 10. The van der Waals surface area contributed by atoms with E-state index in [0.717, 1.165) is 59.5 Å². The average molecular weight is 533 g/mol. The molecule has 3 aromatic rings. The summed E-state index contributed by atoms with van der Waals surface area (Å²) >= 11 is 1.44. The zero-order valence-electron chi connectivity index (χ0n) is 20.8. The Balaban J connectivity index is 1.59. The highest BCUT2D eigenvalue weighted by molar-refractivity contribution is 7.89. The Hall–Kier alpha value is -2.57. The van der Waals surface area contributed by atoms with Crippen LogP contribution in [-0.2, 0) is 14.8 Å². The first-order chi connectivity index (χ1) is 17.3. The molecule has 0 atom stereocenters. The molecule has 0 unspecified atom stereocenters. The zero-order chi connectivity index (χ0) is 25.7. The van der Waals surface area contributed by atoms with Gasteiger partial charge in [0.15, 0.2) is 5.13 Å². The number of fused-ring (bicyclic) bond motifs is 1. The minimum Gasteiger partial charge on any atom is -0.494 e. The van der Waals surface area contributed by atoms with Crippen LogP contribution < -0.4 is 9.64 Å². The Morgan fingerprint density at radius 1 is 1.14 bits per heavy atom. The summed E-state index contributed by atoms with van der Waals surface area (Å²) in [5.74, 6) is 0.554. The van der Waals surface area contributed by atoms with Crippen LogP contribution in [0.1, 0.15) is 23.7 Å². The van der Waals surface area contributed by atoms with Crippen LogP contribution in [0.4, 0.5) is 5.13 Å². The molecular formula is C25H32N4O5S2. The number of hydrogen-bond donors (Lipinski definition) is 0. The largest absolute Gasteiger partial charge is 0.494 e. The van der Waals surface area contributed by atoms with E-state index in [1.807, 2.05) is 25.1 Å². The maximum absolute atomic E-state index is 13.6. The highest BCUT2D eigenvalue weighted by Gasteiger charge is 2.23. The number of ether oxygens (including phenoxy) is 2. The van der Waals surface area contributed by atoms with Crippen LogP contribution in [0.3, 0.4) is 0 Å². The fourth-order valence-corrected chi connectivity index (χ4v) is 5.88. The van der Waals surface area contributed by atoms with Gasteiger partial charge in [-0.2, -0.15) is 0 Å². The molecule has 11 heteroatoms. The molecule has 1 amide bonds. The lowest BCUT2D eigenvalue weighted by Gasteiger charge is -2.27. The predicted molar refractivity (Wildman–Crippen MR) is 142 cm³/mol. The molecule has 0 spiro atoms. The molecule has 1 aliphatic rings. The van der Waals surface area contributed by atoms with Gasteiger partial charge >= 0.3 is 0 Å². The third-order valence-electron chi connectivity index (χ3n) is 5.98. The molecule has 1 aliphatic heterocycles. The van der Waals surface area contributed by atoms with E-state index < -0.39 is 10.0 Å². The van der Waals surface area contributed by atoms with Gasteiger partial charge in [-0.15, -0.1) is 0 Å². The van der Waals surface area contributed by atoms with Crippen molar-refractivity contribution in [3.05, 3.63) is 48.0 Å². The van der Waals surface area contributed by atoms with Crippen molar-refractivity contribution in [1.29, 1.82) is 0 Å². The number of sulfonamides is 1. The van der Waals surface area contributed by atoms with Gasteiger partial charge < -0.3 is 9.47 Å². The number of carbonyl (C=O) groups excluding carboxylic acids is 1. The molecule has 2 aromatic carbocycles. The molecule has 0 aliphatic carbocycles. The van der Waals surface area contributed by atoms with Crippen LogP contribution in [0.25, 0.3) is 10.2 Å². The molecule has 1 fully saturated rings. The number of morpholine rings is 1. The van der Waals surface area contributed by atoms with Crippen LogP contribution in [0.15, 0.2) is 47.4 Å². The number of anilines is 1. The lowest BCUT2D eigenvalue weighted by atomic mass is 10.2. The van der Waals surface area contributed by atoms with Gasteiger partial charge in [0, 0.05) is 45.8 Å². The summed E-state index contributed by atoms with van der Waals surface area (Å²) in [6, 6.07) is 11.8. The summed E-state index contributed by atoms with van der Waals surface area (Å²) < 4.78 is 38.0. The molecule has 1 saturated heterocycles. The first kappa shape index (κ1) is 26.5. The number of benzene rings is 2. The summed E-state index contributed by atoms with van der Waals surface area (Å²) in [5.41, 5.74) is 1.21. The maximum atomic E-state index is 13.6. The van der Waals surface area contributed by atoms with Crippen LogP contribution in [0, 0.1) is 0 Å². The second-order valence-corrected chi connectivity index (χ2v) is 11.8. The number of nitrogens with zero attached hydrogens (tertiary/aromatic N) is 4. The van der Waals surface area contributed by atoms with Crippen molar-refractivity contribution in [2.24, 2.45) is 0 Å². The van der Waals surface area contributed by atoms with Gasteiger partial charge in [-0.05, 0) is 55.8 Å². The fourth-order valence-electron chi connectivity index (χ4n) is 3.96. The van der Waals surface area contributed by atoms with Gasteiger partial charge in [0.25, 0.3) is 5.91 Å². The fraction of sp³-hybridized carbons (Fsp3) is 0.440. The molecular weight excluding hydrogens is 500 g/mol. The molecule has 2 heterocycles. The Morgan fingerprint density at radius 3 is 2.53 bits per heavy atom. The molecule has 9 nitrogen and oxygen atoms in total. The highest BCUT2D eigenvalue weighted by Crippen LogP contribution is 2.32. The third kappa shape index (κ3) is 6.04. The van der Waals surface area contributed by atoms with Gasteiger partial charge in [-0.3, -0.25) is 14.6 Å². The molecule has 194 valence electrons. The number of amides is 1. The topological polar surface area (TPSA) is 92.3 Å². The quantitative estimate of drug-likeness (QED) is 0.396. The van der Waals surface area contributed by atoms with Crippen LogP contribution in [0.2, 0.25) is 0 Å². The molecule has 0 radical (unpaired) electrons. The van der Waals surface area contributed by atoms with Crippen molar-refractivity contribution in [2.45, 2.75) is 18.2 Å². The van der Waals surface area contributed by atoms with E-state index in [9.17, 15) is 13.2 Å². The van der Waals surface area contributed by atoms with E-state index in [4.69, 9.17) is 14.5 Å². The number of thiazole rings is 1. The van der Waals surface area contributed by atoms with Crippen molar-refractivity contribution in [3.8, 4) is 5.75 Å². The Labute approximate surface area is 216 Å². The van der Waals surface area contributed by atoms with Gasteiger partial charge in [0.05, 0.1) is 34.9 Å².